The van der Waals surface area contributed by atoms with Gasteiger partial charge in [-0.2, -0.15) is 0 Å². The fourth-order valence-electron chi connectivity index (χ4n) is 3.13. The molecule has 0 saturated carbocycles. The van der Waals surface area contributed by atoms with E-state index in [4.69, 9.17) is 4.74 Å². The zero-order valence-electron chi connectivity index (χ0n) is 14.9. The van der Waals surface area contributed by atoms with Gasteiger partial charge >= 0.3 is 0 Å². The number of carbonyl (C=O) groups excluding carboxylic acids is 1. The summed E-state index contributed by atoms with van der Waals surface area (Å²) in [5.41, 5.74) is 0.732. The number of benzene rings is 1. The van der Waals surface area contributed by atoms with Gasteiger partial charge in [0.25, 0.3) is 0 Å². The second kappa shape index (κ2) is 10.5. The number of likely N-dealkylation sites (tertiary alicyclic amines) is 1. The highest BCUT2D eigenvalue weighted by atomic mass is 35.5. The number of hydrogen-bond acceptors (Lipinski definition) is 4. The summed E-state index contributed by atoms with van der Waals surface area (Å²) < 4.78 is 5.29. The molecule has 136 valence electrons. The van der Waals surface area contributed by atoms with Gasteiger partial charge in [0.2, 0.25) is 5.91 Å². The second-order valence-corrected chi connectivity index (χ2v) is 6.24. The van der Waals surface area contributed by atoms with Gasteiger partial charge in [-0.25, -0.2) is 0 Å². The van der Waals surface area contributed by atoms with Crippen molar-refractivity contribution in [3.8, 4) is 5.75 Å². The van der Waals surface area contributed by atoms with Crippen molar-refractivity contribution in [1.29, 1.82) is 0 Å². The number of halogens is 1. The third-order valence-electron chi connectivity index (χ3n) is 4.74. The standard InChI is InChI=1S/C18H29N3O2.ClH/c1-14(21-12-9-15(10-13-21)8-11-19-2)18(22)20-16-6-4-5-7-17(16)23-3;/h4-7,14-15,19H,8-13H2,1-3H3,(H,20,22);1H. The summed E-state index contributed by atoms with van der Waals surface area (Å²) >= 11 is 0. The molecule has 1 fully saturated rings. The highest BCUT2D eigenvalue weighted by molar-refractivity contribution is 5.95. The van der Waals surface area contributed by atoms with E-state index in [-0.39, 0.29) is 24.4 Å². The lowest BCUT2D eigenvalue weighted by Crippen LogP contribution is -2.46. The molecule has 1 unspecified atom stereocenters. The summed E-state index contributed by atoms with van der Waals surface area (Å²) in [4.78, 5) is 14.8. The number of carbonyl (C=O) groups is 1. The van der Waals surface area contributed by atoms with Gasteiger partial charge in [0.05, 0.1) is 18.8 Å². The van der Waals surface area contributed by atoms with Crippen molar-refractivity contribution in [2.75, 3.05) is 39.1 Å². The van der Waals surface area contributed by atoms with Gasteiger partial charge in [-0.3, -0.25) is 9.69 Å². The van der Waals surface area contributed by atoms with Crippen LogP contribution >= 0.6 is 12.4 Å². The van der Waals surface area contributed by atoms with E-state index in [1.165, 1.54) is 19.3 Å². The zero-order chi connectivity index (χ0) is 16.7. The summed E-state index contributed by atoms with van der Waals surface area (Å²) in [6.45, 7) is 5.05. The fourth-order valence-corrected chi connectivity index (χ4v) is 3.13. The van der Waals surface area contributed by atoms with Crippen molar-refractivity contribution in [2.24, 2.45) is 5.92 Å². The van der Waals surface area contributed by atoms with Crippen LogP contribution in [0.25, 0.3) is 0 Å². The quantitative estimate of drug-likeness (QED) is 0.789. The van der Waals surface area contributed by atoms with Crippen molar-refractivity contribution in [1.82, 2.24) is 10.2 Å². The summed E-state index contributed by atoms with van der Waals surface area (Å²) in [6, 6.07) is 7.40. The minimum Gasteiger partial charge on any atom is -0.495 e. The molecule has 0 spiro atoms. The number of piperidine rings is 1. The summed E-state index contributed by atoms with van der Waals surface area (Å²) in [6.07, 6.45) is 3.58. The number of para-hydroxylation sites is 2. The van der Waals surface area contributed by atoms with Crippen molar-refractivity contribution in [3.05, 3.63) is 24.3 Å². The number of methoxy groups -OCH3 is 1. The van der Waals surface area contributed by atoms with E-state index in [2.05, 4.69) is 15.5 Å². The normalized spacial score (nSPS) is 17.0. The molecular weight excluding hydrogens is 326 g/mol. The van der Waals surface area contributed by atoms with Gasteiger partial charge in [0, 0.05) is 0 Å². The molecule has 1 aromatic rings. The molecule has 1 aliphatic heterocycles. The van der Waals surface area contributed by atoms with Gasteiger partial charge in [-0.1, -0.05) is 12.1 Å². The molecule has 6 heteroatoms. The summed E-state index contributed by atoms with van der Waals surface area (Å²) in [5, 5.41) is 6.20. The molecule has 1 atom stereocenters. The molecule has 1 aliphatic rings. The van der Waals surface area contributed by atoms with Crippen LogP contribution in [0.2, 0.25) is 0 Å². The first-order valence-corrected chi connectivity index (χ1v) is 8.48. The lowest BCUT2D eigenvalue weighted by atomic mass is 9.93. The lowest BCUT2D eigenvalue weighted by Gasteiger charge is -2.35. The smallest absolute Gasteiger partial charge is 0.241 e. The molecular formula is C18H30ClN3O2. The molecule has 24 heavy (non-hydrogen) atoms. The Balaban J connectivity index is 0.00000288. The molecule has 1 amide bonds. The molecule has 0 radical (unpaired) electrons. The Labute approximate surface area is 151 Å². The largest absolute Gasteiger partial charge is 0.495 e. The van der Waals surface area contributed by atoms with Crippen molar-refractivity contribution in [3.63, 3.8) is 0 Å². The minimum atomic E-state index is -0.120. The number of anilines is 1. The van der Waals surface area contributed by atoms with Gasteiger partial charge in [0.15, 0.2) is 0 Å². The minimum absolute atomic E-state index is 0. The Morgan fingerprint density at radius 3 is 2.62 bits per heavy atom. The monoisotopic (exact) mass is 355 g/mol. The van der Waals surface area contributed by atoms with Crippen LogP contribution in [-0.4, -0.2) is 50.6 Å². The fraction of sp³-hybridized carbons (Fsp3) is 0.611. The molecule has 0 bridgehead atoms. The number of hydrogen-bond donors (Lipinski definition) is 2. The van der Waals surface area contributed by atoms with Crippen LogP contribution in [0.15, 0.2) is 24.3 Å². The zero-order valence-corrected chi connectivity index (χ0v) is 15.7. The van der Waals surface area contributed by atoms with Gasteiger partial charge < -0.3 is 15.4 Å². The molecule has 1 aromatic carbocycles. The molecule has 0 aliphatic carbocycles. The molecule has 5 nitrogen and oxygen atoms in total. The van der Waals surface area contributed by atoms with Gasteiger partial charge in [0.1, 0.15) is 5.75 Å². The van der Waals surface area contributed by atoms with Crippen LogP contribution in [0.4, 0.5) is 5.69 Å². The first-order chi connectivity index (χ1) is 11.2. The highest BCUT2D eigenvalue weighted by Gasteiger charge is 2.26. The van der Waals surface area contributed by atoms with Crippen LogP contribution < -0.4 is 15.4 Å². The van der Waals surface area contributed by atoms with Crippen molar-refractivity contribution < 1.29 is 9.53 Å². The van der Waals surface area contributed by atoms with E-state index < -0.39 is 0 Å². The van der Waals surface area contributed by atoms with Crippen LogP contribution in [-0.2, 0) is 4.79 Å². The Hall–Kier alpha value is -1.30. The topological polar surface area (TPSA) is 53.6 Å². The van der Waals surface area contributed by atoms with E-state index in [0.29, 0.717) is 5.75 Å². The average Bonchev–Trinajstić information content (AvgIpc) is 2.60. The number of rotatable bonds is 7. The number of nitrogens with one attached hydrogen (secondary N) is 2. The maximum atomic E-state index is 12.5. The van der Waals surface area contributed by atoms with Crippen LogP contribution in [0.1, 0.15) is 26.2 Å². The van der Waals surface area contributed by atoms with E-state index in [1.807, 2.05) is 38.2 Å². The Bertz CT molecular complexity index is 505. The van der Waals surface area contributed by atoms with E-state index in [1.54, 1.807) is 7.11 Å². The molecule has 1 heterocycles. The third-order valence-corrected chi connectivity index (χ3v) is 4.74. The van der Waals surface area contributed by atoms with Gasteiger partial charge in [-0.15, -0.1) is 12.4 Å². The van der Waals surface area contributed by atoms with Crippen molar-refractivity contribution >= 4 is 24.0 Å². The van der Waals surface area contributed by atoms with E-state index in [0.717, 1.165) is 31.2 Å². The molecule has 1 saturated heterocycles. The second-order valence-electron chi connectivity index (χ2n) is 6.24. The number of nitrogens with zero attached hydrogens (tertiary/aromatic N) is 1. The Kier molecular flexibility index (Phi) is 9.11. The SMILES string of the molecule is CNCCC1CCN(C(C)C(=O)Nc2ccccc2OC)CC1.Cl. The molecule has 2 rings (SSSR count). The highest BCUT2D eigenvalue weighted by Crippen LogP contribution is 2.25. The average molecular weight is 356 g/mol. The lowest BCUT2D eigenvalue weighted by molar-refractivity contribution is -0.121. The summed E-state index contributed by atoms with van der Waals surface area (Å²) in [7, 11) is 3.61. The van der Waals surface area contributed by atoms with Gasteiger partial charge in [-0.05, 0) is 70.9 Å². The third kappa shape index (κ3) is 5.65. The van der Waals surface area contributed by atoms with Crippen LogP contribution in [0.5, 0.6) is 5.75 Å². The first-order valence-electron chi connectivity index (χ1n) is 8.48. The Morgan fingerprint density at radius 1 is 1.33 bits per heavy atom. The summed E-state index contributed by atoms with van der Waals surface area (Å²) in [5.74, 6) is 1.50. The maximum absolute atomic E-state index is 12.5. The maximum Gasteiger partial charge on any atom is 0.241 e. The van der Waals surface area contributed by atoms with E-state index >= 15 is 0 Å². The molecule has 2 N–H and O–H groups in total. The predicted octanol–water partition coefficient (Wildman–Crippen LogP) is 2.77. The van der Waals surface area contributed by atoms with E-state index in [9.17, 15) is 4.79 Å². The van der Waals surface area contributed by atoms with Crippen LogP contribution in [0, 0.1) is 5.92 Å². The van der Waals surface area contributed by atoms with Crippen molar-refractivity contribution in [2.45, 2.75) is 32.2 Å². The van der Waals surface area contributed by atoms with Crippen LogP contribution in [0.3, 0.4) is 0 Å². The Morgan fingerprint density at radius 2 is 2.00 bits per heavy atom. The number of ether oxygens (including phenoxy) is 1. The number of amides is 1. The first kappa shape index (κ1) is 20.7. The predicted molar refractivity (Wildman–Crippen MR) is 101 cm³/mol. The molecule has 0 aromatic heterocycles.